The first-order chi connectivity index (χ1) is 11.2. The van der Waals surface area contributed by atoms with Crippen molar-refractivity contribution in [3.63, 3.8) is 0 Å². The number of benzene rings is 2. The summed E-state index contributed by atoms with van der Waals surface area (Å²) in [7, 11) is 0. The van der Waals surface area contributed by atoms with Crippen molar-refractivity contribution in [2.45, 2.75) is 19.4 Å². The Morgan fingerprint density at radius 1 is 1.13 bits per heavy atom. The molecular formula is C19H19FN2O. The maximum atomic E-state index is 14.4. The van der Waals surface area contributed by atoms with Gasteiger partial charge in [-0.25, -0.2) is 9.37 Å². The number of hydrogen-bond acceptors (Lipinski definition) is 2. The third-order valence-electron chi connectivity index (χ3n) is 4.03. The molecule has 0 saturated heterocycles. The Morgan fingerprint density at radius 2 is 1.91 bits per heavy atom. The van der Waals surface area contributed by atoms with E-state index in [4.69, 9.17) is 0 Å². The lowest BCUT2D eigenvalue weighted by molar-refractivity contribution is 0.272. The summed E-state index contributed by atoms with van der Waals surface area (Å²) in [5, 5.41) is 9.84. The number of nitrogens with zero attached hydrogens (tertiary/aromatic N) is 2. The fourth-order valence-corrected chi connectivity index (χ4v) is 2.80. The van der Waals surface area contributed by atoms with E-state index in [1.807, 2.05) is 41.1 Å². The fourth-order valence-electron chi connectivity index (χ4n) is 2.80. The molecule has 4 heteroatoms. The molecule has 1 N–H and O–H groups in total. The summed E-state index contributed by atoms with van der Waals surface area (Å²) in [5.74, 6) is -0.0877. The minimum Gasteiger partial charge on any atom is -0.395 e. The normalized spacial score (nSPS) is 12.3. The van der Waals surface area contributed by atoms with Crippen LogP contribution in [0, 0.1) is 12.7 Å². The maximum absolute atomic E-state index is 14.4. The molecule has 0 bridgehead atoms. The van der Waals surface area contributed by atoms with Crippen molar-refractivity contribution >= 4 is 0 Å². The van der Waals surface area contributed by atoms with Gasteiger partial charge >= 0.3 is 0 Å². The molecule has 0 spiro atoms. The molecule has 0 fully saturated rings. The summed E-state index contributed by atoms with van der Waals surface area (Å²) in [4.78, 5) is 4.37. The summed E-state index contributed by atoms with van der Waals surface area (Å²) in [6.45, 7) is 2.18. The quantitative estimate of drug-likeness (QED) is 0.783. The van der Waals surface area contributed by atoms with E-state index in [-0.39, 0.29) is 12.4 Å². The Balaban J connectivity index is 1.97. The van der Waals surface area contributed by atoms with Crippen LogP contribution in [-0.2, 0) is 6.54 Å². The molecule has 1 heterocycles. The van der Waals surface area contributed by atoms with E-state index >= 15 is 0 Å². The number of aryl methyl sites for hydroxylation is 1. The highest BCUT2D eigenvalue weighted by atomic mass is 19.1. The summed E-state index contributed by atoms with van der Waals surface area (Å²) in [6.07, 6.45) is 3.55. The first-order valence-corrected chi connectivity index (χ1v) is 7.61. The van der Waals surface area contributed by atoms with Gasteiger partial charge < -0.3 is 9.67 Å². The molecule has 0 aliphatic rings. The Labute approximate surface area is 135 Å². The fraction of sp³-hybridized carbons (Fsp3) is 0.211. The summed E-state index contributed by atoms with van der Waals surface area (Å²) in [6, 6.07) is 15.2. The van der Waals surface area contributed by atoms with Crippen molar-refractivity contribution < 1.29 is 9.50 Å². The maximum Gasteiger partial charge on any atom is 0.130 e. The zero-order chi connectivity index (χ0) is 16.2. The molecule has 0 saturated carbocycles. The molecule has 3 rings (SSSR count). The molecular weight excluding hydrogens is 291 g/mol. The van der Waals surface area contributed by atoms with Crippen molar-refractivity contribution in [2.24, 2.45) is 0 Å². The molecule has 1 atom stereocenters. The lowest BCUT2D eigenvalue weighted by atomic mass is 9.96. The second-order valence-electron chi connectivity index (χ2n) is 5.61. The van der Waals surface area contributed by atoms with Crippen LogP contribution in [-0.4, -0.2) is 21.3 Å². The Bertz CT molecular complexity index is 783. The van der Waals surface area contributed by atoms with Crippen LogP contribution in [0.15, 0.2) is 60.9 Å². The van der Waals surface area contributed by atoms with Crippen molar-refractivity contribution in [1.29, 1.82) is 0 Å². The van der Waals surface area contributed by atoms with Crippen LogP contribution in [0.3, 0.4) is 0 Å². The van der Waals surface area contributed by atoms with E-state index in [0.29, 0.717) is 23.5 Å². The highest BCUT2D eigenvalue weighted by Crippen LogP contribution is 2.27. The molecule has 0 aliphatic heterocycles. The lowest BCUT2D eigenvalue weighted by Crippen LogP contribution is -2.15. The number of halogens is 1. The van der Waals surface area contributed by atoms with Gasteiger partial charge in [0, 0.05) is 24.5 Å². The van der Waals surface area contributed by atoms with Gasteiger partial charge in [-0.3, -0.25) is 0 Å². The number of rotatable bonds is 5. The monoisotopic (exact) mass is 310 g/mol. The van der Waals surface area contributed by atoms with Crippen molar-refractivity contribution in [3.05, 3.63) is 89.3 Å². The van der Waals surface area contributed by atoms with Crippen LogP contribution >= 0.6 is 0 Å². The average molecular weight is 310 g/mol. The van der Waals surface area contributed by atoms with Gasteiger partial charge in [0.15, 0.2) is 0 Å². The molecule has 3 aromatic rings. The lowest BCUT2D eigenvalue weighted by Gasteiger charge is -2.18. The van der Waals surface area contributed by atoms with Crippen molar-refractivity contribution in [1.82, 2.24) is 9.55 Å². The second-order valence-corrected chi connectivity index (χ2v) is 5.61. The number of aliphatic hydroxyl groups is 1. The van der Waals surface area contributed by atoms with Gasteiger partial charge in [0.25, 0.3) is 0 Å². The van der Waals surface area contributed by atoms with Crippen LogP contribution in [0.2, 0.25) is 0 Å². The van der Waals surface area contributed by atoms with Crippen LogP contribution in [0.4, 0.5) is 4.39 Å². The van der Waals surface area contributed by atoms with Gasteiger partial charge in [-0.15, -0.1) is 0 Å². The molecule has 1 unspecified atom stereocenters. The van der Waals surface area contributed by atoms with Gasteiger partial charge in [0.05, 0.1) is 12.5 Å². The van der Waals surface area contributed by atoms with Gasteiger partial charge in [0.1, 0.15) is 11.6 Å². The standard InChI is InChI=1S/C19H19FN2O/c1-14-6-5-9-16(18(14)20)17(13-23)19-21-10-11-22(19)12-15-7-3-2-4-8-15/h2-11,17,23H,12-13H2,1H3. The van der Waals surface area contributed by atoms with Crippen molar-refractivity contribution in [2.75, 3.05) is 6.61 Å². The molecule has 0 amide bonds. The third-order valence-corrected chi connectivity index (χ3v) is 4.03. The minimum absolute atomic E-state index is 0.188. The predicted octanol–water partition coefficient (Wildman–Crippen LogP) is 3.50. The summed E-state index contributed by atoms with van der Waals surface area (Å²) < 4.78 is 16.4. The average Bonchev–Trinajstić information content (AvgIpc) is 3.01. The first-order valence-electron chi connectivity index (χ1n) is 7.61. The smallest absolute Gasteiger partial charge is 0.130 e. The van der Waals surface area contributed by atoms with E-state index in [1.54, 1.807) is 31.3 Å². The van der Waals surface area contributed by atoms with E-state index in [0.717, 1.165) is 5.56 Å². The number of aromatic nitrogens is 2. The second kappa shape index (κ2) is 6.75. The van der Waals surface area contributed by atoms with Crippen LogP contribution in [0.25, 0.3) is 0 Å². The largest absolute Gasteiger partial charge is 0.395 e. The molecule has 0 aliphatic carbocycles. The Morgan fingerprint density at radius 3 is 2.65 bits per heavy atom. The van der Waals surface area contributed by atoms with Crippen LogP contribution < -0.4 is 0 Å². The zero-order valence-corrected chi connectivity index (χ0v) is 13.0. The molecule has 1 aromatic heterocycles. The summed E-state index contributed by atoms with van der Waals surface area (Å²) >= 11 is 0. The number of imidazole rings is 1. The summed E-state index contributed by atoms with van der Waals surface area (Å²) in [5.41, 5.74) is 2.18. The van der Waals surface area contributed by atoms with E-state index in [9.17, 15) is 9.50 Å². The Hall–Kier alpha value is -2.46. The predicted molar refractivity (Wildman–Crippen MR) is 87.8 cm³/mol. The van der Waals surface area contributed by atoms with E-state index in [1.165, 1.54) is 0 Å². The van der Waals surface area contributed by atoms with Crippen molar-refractivity contribution in [3.8, 4) is 0 Å². The topological polar surface area (TPSA) is 38.1 Å². The first kappa shape index (κ1) is 15.4. The minimum atomic E-state index is -0.478. The highest BCUT2D eigenvalue weighted by molar-refractivity contribution is 5.32. The molecule has 23 heavy (non-hydrogen) atoms. The van der Waals surface area contributed by atoms with Crippen LogP contribution in [0.5, 0.6) is 0 Å². The van der Waals surface area contributed by atoms with E-state index in [2.05, 4.69) is 4.98 Å². The van der Waals surface area contributed by atoms with Gasteiger partial charge in [0.2, 0.25) is 0 Å². The van der Waals surface area contributed by atoms with Gasteiger partial charge in [-0.1, -0.05) is 48.5 Å². The molecule has 2 aromatic carbocycles. The molecule has 3 nitrogen and oxygen atoms in total. The van der Waals surface area contributed by atoms with Gasteiger partial charge in [-0.05, 0) is 18.1 Å². The highest BCUT2D eigenvalue weighted by Gasteiger charge is 2.22. The number of hydrogen-bond donors (Lipinski definition) is 1. The van der Waals surface area contributed by atoms with E-state index < -0.39 is 5.92 Å². The number of aliphatic hydroxyl groups excluding tert-OH is 1. The molecule has 0 radical (unpaired) electrons. The zero-order valence-electron chi connectivity index (χ0n) is 13.0. The molecule has 118 valence electrons. The van der Waals surface area contributed by atoms with Gasteiger partial charge in [-0.2, -0.15) is 0 Å². The van der Waals surface area contributed by atoms with Crippen LogP contribution in [0.1, 0.15) is 28.4 Å². The third kappa shape index (κ3) is 3.17. The Kier molecular flexibility index (Phi) is 4.53. The SMILES string of the molecule is Cc1cccc(C(CO)c2nccn2Cc2ccccc2)c1F.